The molecule has 2 nitrogen and oxygen atoms in total. The van der Waals surface area contributed by atoms with Gasteiger partial charge in [0.05, 0.1) is 0 Å². The van der Waals surface area contributed by atoms with Gasteiger partial charge in [0.25, 0.3) is 0 Å². The van der Waals surface area contributed by atoms with Crippen molar-refractivity contribution in [3.05, 3.63) is 35.3 Å². The monoisotopic (exact) mass is 218 g/mol. The molecule has 2 N–H and O–H groups in total. The normalized spacial score (nSPS) is 18.7. The number of H-pyrrole nitrogens is 1. The second kappa shape index (κ2) is 3.08. The van der Waals surface area contributed by atoms with E-state index in [4.69, 9.17) is 0 Å². The van der Waals surface area contributed by atoms with Crippen molar-refractivity contribution in [3.8, 4) is 0 Å². The summed E-state index contributed by atoms with van der Waals surface area (Å²) in [7, 11) is 0. The Kier molecular flexibility index (Phi) is 1.89. The van der Waals surface area contributed by atoms with Crippen LogP contribution in [0.3, 0.4) is 0 Å². The topological polar surface area (TPSA) is 27.8 Å². The van der Waals surface area contributed by atoms with Crippen LogP contribution in [0.25, 0.3) is 10.9 Å². The molecule has 1 aliphatic rings. The van der Waals surface area contributed by atoms with Crippen molar-refractivity contribution >= 4 is 10.9 Å². The summed E-state index contributed by atoms with van der Waals surface area (Å²) in [5, 5.41) is 4.55. The van der Waals surface area contributed by atoms with Crippen LogP contribution in [0.1, 0.15) is 25.1 Å². The van der Waals surface area contributed by atoms with Gasteiger partial charge in [-0.1, -0.05) is 13.8 Å². The van der Waals surface area contributed by atoms with Crippen molar-refractivity contribution < 1.29 is 4.39 Å². The molecule has 0 unspecified atom stereocenters. The van der Waals surface area contributed by atoms with Crippen LogP contribution in [0.15, 0.2) is 18.2 Å². The van der Waals surface area contributed by atoms with Crippen LogP contribution in [0, 0.1) is 5.82 Å². The highest BCUT2D eigenvalue weighted by Gasteiger charge is 2.30. The molecule has 2 heterocycles. The highest BCUT2D eigenvalue weighted by atomic mass is 19.1. The maximum Gasteiger partial charge on any atom is 0.125 e. The van der Waals surface area contributed by atoms with Gasteiger partial charge in [0.2, 0.25) is 0 Å². The molecule has 0 radical (unpaired) electrons. The summed E-state index contributed by atoms with van der Waals surface area (Å²) in [5.41, 5.74) is 3.52. The molecule has 0 saturated heterocycles. The van der Waals surface area contributed by atoms with E-state index in [1.807, 2.05) is 6.07 Å². The fraction of sp³-hybridized carbons (Fsp3) is 0.385. The third-order valence-corrected chi connectivity index (χ3v) is 3.41. The van der Waals surface area contributed by atoms with E-state index in [1.165, 1.54) is 17.3 Å². The van der Waals surface area contributed by atoms with Crippen molar-refractivity contribution in [1.29, 1.82) is 0 Å². The van der Waals surface area contributed by atoms with Gasteiger partial charge in [0, 0.05) is 35.1 Å². The van der Waals surface area contributed by atoms with Crippen molar-refractivity contribution in [1.82, 2.24) is 10.3 Å². The number of nitrogens with one attached hydrogen (secondary N) is 2. The van der Waals surface area contributed by atoms with E-state index in [1.54, 1.807) is 6.07 Å². The SMILES string of the molecule is CC1(C)CNCc2c1[nH]c1cc(F)ccc21. The first kappa shape index (κ1) is 9.85. The predicted octanol–water partition coefficient (Wildman–Crippen LogP) is 2.69. The van der Waals surface area contributed by atoms with Gasteiger partial charge in [0.1, 0.15) is 5.82 Å². The van der Waals surface area contributed by atoms with Crippen LogP contribution < -0.4 is 5.32 Å². The number of benzene rings is 1. The molecule has 0 saturated carbocycles. The molecule has 0 fully saturated rings. The Morgan fingerprint density at radius 3 is 2.94 bits per heavy atom. The lowest BCUT2D eigenvalue weighted by atomic mass is 9.84. The third kappa shape index (κ3) is 1.28. The first-order valence-electron chi connectivity index (χ1n) is 5.59. The van der Waals surface area contributed by atoms with Gasteiger partial charge in [0.15, 0.2) is 0 Å². The largest absolute Gasteiger partial charge is 0.358 e. The van der Waals surface area contributed by atoms with E-state index in [0.717, 1.165) is 24.0 Å². The van der Waals surface area contributed by atoms with Gasteiger partial charge in [-0.2, -0.15) is 0 Å². The second-order valence-corrected chi connectivity index (χ2v) is 5.16. The first-order valence-corrected chi connectivity index (χ1v) is 5.59. The van der Waals surface area contributed by atoms with E-state index in [-0.39, 0.29) is 11.2 Å². The predicted molar refractivity (Wildman–Crippen MR) is 63.0 cm³/mol. The Morgan fingerprint density at radius 1 is 1.31 bits per heavy atom. The van der Waals surface area contributed by atoms with Crippen molar-refractivity contribution in [2.45, 2.75) is 25.8 Å². The average molecular weight is 218 g/mol. The smallest absolute Gasteiger partial charge is 0.125 e. The number of rotatable bonds is 0. The van der Waals surface area contributed by atoms with Gasteiger partial charge in [-0.25, -0.2) is 4.39 Å². The second-order valence-electron chi connectivity index (χ2n) is 5.16. The van der Waals surface area contributed by atoms with E-state index < -0.39 is 0 Å². The number of hydrogen-bond acceptors (Lipinski definition) is 1. The van der Waals surface area contributed by atoms with Gasteiger partial charge >= 0.3 is 0 Å². The fourth-order valence-corrected chi connectivity index (χ4v) is 2.58. The van der Waals surface area contributed by atoms with Crippen LogP contribution in [0.5, 0.6) is 0 Å². The molecule has 0 aliphatic carbocycles. The van der Waals surface area contributed by atoms with Crippen LogP contribution in [0.4, 0.5) is 4.39 Å². The minimum atomic E-state index is -0.183. The molecule has 0 spiro atoms. The van der Waals surface area contributed by atoms with Crippen LogP contribution >= 0.6 is 0 Å². The van der Waals surface area contributed by atoms with Gasteiger partial charge < -0.3 is 10.3 Å². The van der Waals surface area contributed by atoms with E-state index in [0.29, 0.717) is 0 Å². The zero-order chi connectivity index (χ0) is 11.3. The number of halogens is 1. The number of aromatic nitrogens is 1. The summed E-state index contributed by atoms with van der Waals surface area (Å²) >= 11 is 0. The maximum absolute atomic E-state index is 13.2. The fourth-order valence-electron chi connectivity index (χ4n) is 2.58. The Balaban J connectivity index is 2.32. The summed E-state index contributed by atoms with van der Waals surface area (Å²) in [6.45, 7) is 6.22. The number of fused-ring (bicyclic) bond motifs is 3. The molecule has 0 amide bonds. The van der Waals surface area contributed by atoms with Crippen LogP contribution in [0.2, 0.25) is 0 Å². The molecule has 1 aliphatic heterocycles. The summed E-state index contributed by atoms with van der Waals surface area (Å²) in [6, 6.07) is 4.96. The molecule has 3 heteroatoms. The van der Waals surface area contributed by atoms with E-state index in [9.17, 15) is 4.39 Å². The molecule has 0 bridgehead atoms. The first-order chi connectivity index (χ1) is 7.58. The number of aromatic amines is 1. The Morgan fingerprint density at radius 2 is 2.12 bits per heavy atom. The van der Waals surface area contributed by atoms with Crippen LogP contribution in [-0.4, -0.2) is 11.5 Å². The third-order valence-electron chi connectivity index (χ3n) is 3.41. The minimum absolute atomic E-state index is 0.0864. The standard InChI is InChI=1S/C13H15FN2/c1-13(2)7-15-6-10-9-4-3-8(14)5-11(9)16-12(10)13/h3-5,15-16H,6-7H2,1-2H3. The highest BCUT2D eigenvalue weighted by molar-refractivity contribution is 5.85. The average Bonchev–Trinajstić information content (AvgIpc) is 2.57. The quantitative estimate of drug-likeness (QED) is 0.699. The number of hydrogen-bond donors (Lipinski definition) is 2. The molecule has 0 atom stereocenters. The molecule has 16 heavy (non-hydrogen) atoms. The molecular weight excluding hydrogens is 203 g/mol. The zero-order valence-corrected chi connectivity index (χ0v) is 9.52. The molecule has 84 valence electrons. The summed E-state index contributed by atoms with van der Waals surface area (Å²) in [5.74, 6) is -0.183. The van der Waals surface area contributed by atoms with Crippen molar-refractivity contribution in [3.63, 3.8) is 0 Å². The lowest BCUT2D eigenvalue weighted by Crippen LogP contribution is -2.38. The lowest BCUT2D eigenvalue weighted by molar-refractivity contribution is 0.427. The Labute approximate surface area is 93.9 Å². The molecule has 2 aromatic rings. The van der Waals surface area contributed by atoms with E-state index in [2.05, 4.69) is 24.1 Å². The molecule has 1 aromatic carbocycles. The Hall–Kier alpha value is -1.35. The van der Waals surface area contributed by atoms with E-state index >= 15 is 0 Å². The summed E-state index contributed by atoms with van der Waals surface area (Å²) < 4.78 is 13.2. The minimum Gasteiger partial charge on any atom is -0.358 e. The molecule has 1 aromatic heterocycles. The van der Waals surface area contributed by atoms with Gasteiger partial charge in [-0.05, 0) is 23.8 Å². The van der Waals surface area contributed by atoms with Gasteiger partial charge in [-0.15, -0.1) is 0 Å². The maximum atomic E-state index is 13.2. The lowest BCUT2D eigenvalue weighted by Gasteiger charge is -2.30. The van der Waals surface area contributed by atoms with Crippen LogP contribution in [-0.2, 0) is 12.0 Å². The summed E-state index contributed by atoms with van der Waals surface area (Å²) in [6.07, 6.45) is 0. The summed E-state index contributed by atoms with van der Waals surface area (Å²) in [4.78, 5) is 3.37. The zero-order valence-electron chi connectivity index (χ0n) is 9.52. The van der Waals surface area contributed by atoms with Gasteiger partial charge in [-0.3, -0.25) is 0 Å². The Bertz CT molecular complexity index is 554. The highest BCUT2D eigenvalue weighted by Crippen LogP contribution is 2.34. The molecular formula is C13H15FN2. The van der Waals surface area contributed by atoms with Crippen molar-refractivity contribution in [2.75, 3.05) is 6.54 Å². The van der Waals surface area contributed by atoms with Crippen molar-refractivity contribution in [2.24, 2.45) is 0 Å². The molecule has 3 rings (SSSR count).